The van der Waals surface area contributed by atoms with Crippen molar-refractivity contribution in [1.29, 1.82) is 0 Å². The number of methoxy groups -OCH3 is 1. The van der Waals surface area contributed by atoms with Gasteiger partial charge in [0.2, 0.25) is 0 Å². The van der Waals surface area contributed by atoms with Crippen LogP contribution in [0.1, 0.15) is 17.2 Å². The van der Waals surface area contributed by atoms with Gasteiger partial charge in [0.15, 0.2) is 9.84 Å². The van der Waals surface area contributed by atoms with Crippen LogP contribution in [0.2, 0.25) is 0 Å². The molecular weight excluding hydrogens is 288 g/mol. The molecule has 0 aliphatic heterocycles. The van der Waals surface area contributed by atoms with Gasteiger partial charge in [-0.3, -0.25) is 0 Å². The summed E-state index contributed by atoms with van der Waals surface area (Å²) >= 11 is 0. The SMILES string of the molecule is COc1ccccc1S(=O)(=O)CC(O)c1cccc(C)c1. The van der Waals surface area contributed by atoms with Crippen LogP contribution in [0, 0.1) is 6.92 Å². The Kier molecular flexibility index (Phi) is 4.65. The molecule has 5 heteroatoms. The molecule has 0 heterocycles. The maximum Gasteiger partial charge on any atom is 0.184 e. The van der Waals surface area contributed by atoms with Crippen LogP contribution in [0.4, 0.5) is 0 Å². The van der Waals surface area contributed by atoms with E-state index >= 15 is 0 Å². The van der Waals surface area contributed by atoms with Crippen molar-refractivity contribution < 1.29 is 18.3 Å². The third-order valence-corrected chi connectivity index (χ3v) is 4.97. The molecule has 1 unspecified atom stereocenters. The van der Waals surface area contributed by atoms with Gasteiger partial charge in [0.25, 0.3) is 0 Å². The quantitative estimate of drug-likeness (QED) is 0.922. The zero-order chi connectivity index (χ0) is 15.5. The molecule has 4 nitrogen and oxygen atoms in total. The van der Waals surface area contributed by atoms with Crippen LogP contribution in [0.25, 0.3) is 0 Å². The minimum absolute atomic E-state index is 0.0965. The van der Waals surface area contributed by atoms with Gasteiger partial charge in [-0.2, -0.15) is 0 Å². The zero-order valence-electron chi connectivity index (χ0n) is 12.0. The van der Waals surface area contributed by atoms with E-state index in [0.717, 1.165) is 5.56 Å². The molecule has 0 amide bonds. The molecule has 2 aromatic rings. The number of benzene rings is 2. The van der Waals surface area contributed by atoms with Gasteiger partial charge < -0.3 is 9.84 Å². The van der Waals surface area contributed by atoms with Crippen molar-refractivity contribution in [1.82, 2.24) is 0 Å². The predicted molar refractivity (Wildman–Crippen MR) is 81.2 cm³/mol. The summed E-state index contributed by atoms with van der Waals surface area (Å²) in [4.78, 5) is 0.0965. The second-order valence-corrected chi connectivity index (χ2v) is 6.86. The average Bonchev–Trinajstić information content (AvgIpc) is 2.46. The molecule has 2 rings (SSSR count). The molecule has 112 valence electrons. The Morgan fingerprint density at radius 3 is 2.52 bits per heavy atom. The highest BCUT2D eigenvalue weighted by Crippen LogP contribution is 2.27. The van der Waals surface area contributed by atoms with E-state index in [1.807, 2.05) is 13.0 Å². The molecule has 0 aliphatic rings. The van der Waals surface area contributed by atoms with Crippen LogP contribution < -0.4 is 4.74 Å². The summed E-state index contributed by atoms with van der Waals surface area (Å²) in [5.41, 5.74) is 1.56. The number of aryl methyl sites for hydroxylation is 1. The first kappa shape index (κ1) is 15.5. The van der Waals surface area contributed by atoms with Crippen LogP contribution in [-0.2, 0) is 9.84 Å². The summed E-state index contributed by atoms with van der Waals surface area (Å²) in [7, 11) is -2.22. The number of rotatable bonds is 5. The lowest BCUT2D eigenvalue weighted by molar-refractivity contribution is 0.201. The van der Waals surface area contributed by atoms with E-state index in [4.69, 9.17) is 4.74 Å². The second-order valence-electron chi connectivity index (χ2n) is 4.86. The average molecular weight is 306 g/mol. The van der Waals surface area contributed by atoms with Crippen molar-refractivity contribution in [3.63, 3.8) is 0 Å². The Hall–Kier alpha value is -1.85. The molecule has 21 heavy (non-hydrogen) atoms. The largest absolute Gasteiger partial charge is 0.495 e. The minimum atomic E-state index is -3.64. The Balaban J connectivity index is 2.29. The van der Waals surface area contributed by atoms with E-state index in [0.29, 0.717) is 5.56 Å². The summed E-state index contributed by atoms with van der Waals surface area (Å²) in [6.45, 7) is 1.89. The Bertz CT molecular complexity index is 723. The summed E-state index contributed by atoms with van der Waals surface area (Å²) in [6, 6.07) is 13.6. The molecule has 0 fully saturated rings. The molecule has 1 atom stereocenters. The van der Waals surface area contributed by atoms with Crippen molar-refractivity contribution in [3.05, 3.63) is 59.7 Å². The van der Waals surface area contributed by atoms with Crippen molar-refractivity contribution in [3.8, 4) is 5.75 Å². The number of aliphatic hydroxyl groups is 1. The molecule has 0 aliphatic carbocycles. The summed E-state index contributed by atoms with van der Waals surface area (Å²) in [6.07, 6.45) is -1.07. The van der Waals surface area contributed by atoms with Crippen molar-refractivity contribution >= 4 is 9.84 Å². The number of hydrogen-bond donors (Lipinski definition) is 1. The molecule has 1 N–H and O–H groups in total. The molecule has 0 bridgehead atoms. The standard InChI is InChI=1S/C16H18O4S/c1-12-6-5-7-13(10-12)14(17)11-21(18,19)16-9-4-3-8-15(16)20-2/h3-10,14,17H,11H2,1-2H3. The Morgan fingerprint density at radius 2 is 1.86 bits per heavy atom. The van der Waals surface area contributed by atoms with E-state index in [-0.39, 0.29) is 16.4 Å². The fourth-order valence-electron chi connectivity index (χ4n) is 2.15. The van der Waals surface area contributed by atoms with Gasteiger partial charge in [0, 0.05) is 0 Å². The van der Waals surface area contributed by atoms with E-state index in [1.54, 1.807) is 36.4 Å². The summed E-state index contributed by atoms with van der Waals surface area (Å²) < 4.78 is 30.0. The smallest absolute Gasteiger partial charge is 0.184 e. The van der Waals surface area contributed by atoms with Gasteiger partial charge in [0.1, 0.15) is 10.6 Å². The zero-order valence-corrected chi connectivity index (χ0v) is 12.8. The van der Waals surface area contributed by atoms with Gasteiger partial charge in [0.05, 0.1) is 19.0 Å². The Morgan fingerprint density at radius 1 is 1.14 bits per heavy atom. The fourth-order valence-corrected chi connectivity index (χ4v) is 3.68. The Labute approximate surface area is 124 Å². The van der Waals surface area contributed by atoms with Crippen LogP contribution in [-0.4, -0.2) is 26.4 Å². The lowest BCUT2D eigenvalue weighted by Gasteiger charge is -2.14. The lowest BCUT2D eigenvalue weighted by Crippen LogP contribution is -2.15. The molecule has 0 saturated heterocycles. The maximum absolute atomic E-state index is 12.4. The number of para-hydroxylation sites is 1. The van der Waals surface area contributed by atoms with E-state index in [9.17, 15) is 13.5 Å². The first-order chi connectivity index (χ1) is 9.94. The molecule has 0 saturated carbocycles. The number of sulfone groups is 1. The van der Waals surface area contributed by atoms with Crippen LogP contribution in [0.15, 0.2) is 53.4 Å². The van der Waals surface area contributed by atoms with Crippen molar-refractivity contribution in [2.45, 2.75) is 17.9 Å². The minimum Gasteiger partial charge on any atom is -0.495 e. The van der Waals surface area contributed by atoms with E-state index < -0.39 is 15.9 Å². The van der Waals surface area contributed by atoms with Gasteiger partial charge >= 0.3 is 0 Å². The highest BCUT2D eigenvalue weighted by molar-refractivity contribution is 7.91. The fraction of sp³-hybridized carbons (Fsp3) is 0.250. The second kappa shape index (κ2) is 6.28. The van der Waals surface area contributed by atoms with Gasteiger partial charge in [-0.05, 0) is 24.6 Å². The van der Waals surface area contributed by atoms with Crippen molar-refractivity contribution in [2.75, 3.05) is 12.9 Å². The van der Waals surface area contributed by atoms with E-state index in [1.165, 1.54) is 13.2 Å². The van der Waals surface area contributed by atoms with Crippen LogP contribution in [0.3, 0.4) is 0 Å². The molecule has 0 spiro atoms. The first-order valence-electron chi connectivity index (χ1n) is 6.54. The first-order valence-corrected chi connectivity index (χ1v) is 8.19. The summed E-state index contributed by atoms with van der Waals surface area (Å²) in [5.74, 6) is -0.0921. The topological polar surface area (TPSA) is 63.6 Å². The number of aliphatic hydroxyl groups excluding tert-OH is 1. The highest BCUT2D eigenvalue weighted by Gasteiger charge is 2.24. The van der Waals surface area contributed by atoms with Crippen LogP contribution >= 0.6 is 0 Å². The predicted octanol–water partition coefficient (Wildman–Crippen LogP) is 2.51. The lowest BCUT2D eigenvalue weighted by atomic mass is 10.1. The molecule has 0 aromatic heterocycles. The van der Waals surface area contributed by atoms with Crippen molar-refractivity contribution in [2.24, 2.45) is 0 Å². The summed E-state index contributed by atoms with van der Waals surface area (Å²) in [5, 5.41) is 10.2. The third-order valence-electron chi connectivity index (χ3n) is 3.21. The maximum atomic E-state index is 12.4. The number of hydrogen-bond acceptors (Lipinski definition) is 4. The third kappa shape index (κ3) is 3.62. The molecule has 0 radical (unpaired) electrons. The van der Waals surface area contributed by atoms with Gasteiger partial charge in [-0.25, -0.2) is 8.42 Å². The monoisotopic (exact) mass is 306 g/mol. The van der Waals surface area contributed by atoms with E-state index in [2.05, 4.69) is 0 Å². The van der Waals surface area contributed by atoms with Gasteiger partial charge in [-0.1, -0.05) is 42.0 Å². The molecule has 2 aromatic carbocycles. The highest BCUT2D eigenvalue weighted by atomic mass is 32.2. The number of ether oxygens (including phenoxy) is 1. The molecular formula is C16H18O4S. The van der Waals surface area contributed by atoms with Crippen LogP contribution in [0.5, 0.6) is 5.75 Å². The normalized spacial score (nSPS) is 12.9. The van der Waals surface area contributed by atoms with Gasteiger partial charge in [-0.15, -0.1) is 0 Å².